The number of benzene rings is 1. The van der Waals surface area contributed by atoms with Crippen LogP contribution in [0.15, 0.2) is 18.2 Å². The molecule has 0 bridgehead atoms. The van der Waals surface area contributed by atoms with Gasteiger partial charge in [0.2, 0.25) is 0 Å². The SMILES string of the molecule is Fc1cc(F)cc(CN2CCCN(CCBr)CC2)c1. The van der Waals surface area contributed by atoms with E-state index in [1.807, 2.05) is 0 Å². The minimum absolute atomic E-state index is 0.495. The van der Waals surface area contributed by atoms with Crippen molar-refractivity contribution in [1.29, 1.82) is 0 Å². The van der Waals surface area contributed by atoms with E-state index >= 15 is 0 Å². The highest BCUT2D eigenvalue weighted by atomic mass is 79.9. The van der Waals surface area contributed by atoms with Crippen molar-refractivity contribution in [3.63, 3.8) is 0 Å². The third-order valence-electron chi connectivity index (χ3n) is 3.41. The van der Waals surface area contributed by atoms with Gasteiger partial charge in [0.25, 0.3) is 0 Å². The second kappa shape index (κ2) is 7.31. The summed E-state index contributed by atoms with van der Waals surface area (Å²) in [6.45, 7) is 5.73. The zero-order chi connectivity index (χ0) is 13.7. The van der Waals surface area contributed by atoms with Crippen LogP contribution < -0.4 is 0 Å². The first-order chi connectivity index (χ1) is 9.17. The zero-order valence-corrected chi connectivity index (χ0v) is 12.5. The van der Waals surface area contributed by atoms with Crippen LogP contribution in [0.3, 0.4) is 0 Å². The summed E-state index contributed by atoms with van der Waals surface area (Å²) in [5.41, 5.74) is 0.714. The molecule has 1 aromatic carbocycles. The lowest BCUT2D eigenvalue weighted by atomic mass is 10.2. The monoisotopic (exact) mass is 332 g/mol. The van der Waals surface area contributed by atoms with Crippen LogP contribution in [0.4, 0.5) is 8.78 Å². The first-order valence-electron chi connectivity index (χ1n) is 6.63. The molecule has 1 aliphatic rings. The maximum atomic E-state index is 13.2. The van der Waals surface area contributed by atoms with Crippen LogP contribution in [0.25, 0.3) is 0 Å². The highest BCUT2D eigenvalue weighted by Gasteiger charge is 2.14. The van der Waals surface area contributed by atoms with Crippen LogP contribution >= 0.6 is 15.9 Å². The van der Waals surface area contributed by atoms with Gasteiger partial charge in [0.1, 0.15) is 11.6 Å². The third-order valence-corrected chi connectivity index (χ3v) is 3.77. The third kappa shape index (κ3) is 4.82. The predicted molar refractivity (Wildman–Crippen MR) is 76.5 cm³/mol. The Morgan fingerprint density at radius 3 is 2.26 bits per heavy atom. The van der Waals surface area contributed by atoms with Crippen molar-refractivity contribution in [2.75, 3.05) is 38.1 Å². The standard InChI is InChI=1S/C14H19BrF2N2/c15-2-5-18-3-1-4-19(7-6-18)11-12-8-13(16)10-14(17)9-12/h8-10H,1-7,11H2. The summed E-state index contributed by atoms with van der Waals surface area (Å²) in [6, 6.07) is 3.76. The van der Waals surface area contributed by atoms with Crippen LogP contribution in [0.5, 0.6) is 0 Å². The Balaban J connectivity index is 1.92. The van der Waals surface area contributed by atoms with Gasteiger partial charge in [-0.05, 0) is 37.2 Å². The molecule has 0 radical (unpaired) electrons. The number of nitrogens with zero attached hydrogens (tertiary/aromatic N) is 2. The van der Waals surface area contributed by atoms with Crippen molar-refractivity contribution >= 4 is 15.9 Å². The average molecular weight is 333 g/mol. The average Bonchev–Trinajstić information content (AvgIpc) is 2.54. The number of hydrogen-bond donors (Lipinski definition) is 0. The van der Waals surface area contributed by atoms with Gasteiger partial charge in [-0.2, -0.15) is 0 Å². The van der Waals surface area contributed by atoms with Crippen molar-refractivity contribution in [2.45, 2.75) is 13.0 Å². The quantitative estimate of drug-likeness (QED) is 0.782. The molecule has 1 heterocycles. The van der Waals surface area contributed by atoms with E-state index in [2.05, 4.69) is 25.7 Å². The number of alkyl halides is 1. The minimum Gasteiger partial charge on any atom is -0.301 e. The molecule has 0 aromatic heterocycles. The molecule has 1 aliphatic heterocycles. The molecule has 2 rings (SSSR count). The Hall–Kier alpha value is -0.520. The first kappa shape index (κ1) is 14.9. The Labute approximate surface area is 121 Å². The lowest BCUT2D eigenvalue weighted by molar-refractivity contribution is 0.258. The summed E-state index contributed by atoms with van der Waals surface area (Å²) in [7, 11) is 0. The summed E-state index contributed by atoms with van der Waals surface area (Å²) >= 11 is 3.46. The van der Waals surface area contributed by atoms with Crippen LogP contribution in [0.2, 0.25) is 0 Å². The Morgan fingerprint density at radius 1 is 0.947 bits per heavy atom. The second-order valence-corrected chi connectivity index (χ2v) is 5.73. The lowest BCUT2D eigenvalue weighted by Gasteiger charge is -2.21. The molecule has 1 fully saturated rings. The topological polar surface area (TPSA) is 6.48 Å². The van der Waals surface area contributed by atoms with Crippen LogP contribution in [0.1, 0.15) is 12.0 Å². The van der Waals surface area contributed by atoms with E-state index in [1.165, 1.54) is 12.1 Å². The van der Waals surface area contributed by atoms with Crippen molar-refractivity contribution < 1.29 is 8.78 Å². The smallest absolute Gasteiger partial charge is 0.126 e. The molecule has 0 aliphatic carbocycles. The molecule has 19 heavy (non-hydrogen) atoms. The molecule has 0 N–H and O–H groups in total. The van der Waals surface area contributed by atoms with Crippen molar-refractivity contribution in [2.24, 2.45) is 0 Å². The van der Waals surface area contributed by atoms with Gasteiger partial charge in [0.05, 0.1) is 0 Å². The van der Waals surface area contributed by atoms with E-state index in [4.69, 9.17) is 0 Å². The second-order valence-electron chi connectivity index (χ2n) is 4.94. The molecular weight excluding hydrogens is 314 g/mol. The van der Waals surface area contributed by atoms with Gasteiger partial charge in [-0.15, -0.1) is 0 Å². The zero-order valence-electron chi connectivity index (χ0n) is 10.9. The Kier molecular flexibility index (Phi) is 5.73. The van der Waals surface area contributed by atoms with Crippen molar-refractivity contribution in [3.05, 3.63) is 35.4 Å². The summed E-state index contributed by atoms with van der Waals surface area (Å²) in [6.07, 6.45) is 1.10. The maximum Gasteiger partial charge on any atom is 0.126 e. The van der Waals surface area contributed by atoms with Gasteiger partial charge >= 0.3 is 0 Å². The van der Waals surface area contributed by atoms with Gasteiger partial charge in [-0.3, -0.25) is 4.90 Å². The number of rotatable bonds is 4. The van der Waals surface area contributed by atoms with Gasteiger partial charge in [-0.25, -0.2) is 8.78 Å². The fourth-order valence-corrected chi connectivity index (χ4v) is 2.99. The molecule has 0 amide bonds. The van der Waals surface area contributed by atoms with E-state index < -0.39 is 11.6 Å². The van der Waals surface area contributed by atoms with Crippen molar-refractivity contribution in [3.8, 4) is 0 Å². The summed E-state index contributed by atoms with van der Waals surface area (Å²) in [4.78, 5) is 4.68. The van der Waals surface area contributed by atoms with Gasteiger partial charge in [0, 0.05) is 37.6 Å². The molecule has 1 aromatic rings. The highest BCUT2D eigenvalue weighted by Crippen LogP contribution is 2.12. The summed E-state index contributed by atoms with van der Waals surface area (Å²) in [5.74, 6) is -0.989. The lowest BCUT2D eigenvalue weighted by Crippen LogP contribution is -2.31. The van der Waals surface area contributed by atoms with Gasteiger partial charge in [-0.1, -0.05) is 15.9 Å². The van der Waals surface area contributed by atoms with E-state index in [0.717, 1.165) is 50.5 Å². The number of halogens is 3. The first-order valence-corrected chi connectivity index (χ1v) is 7.75. The van der Waals surface area contributed by atoms with Crippen LogP contribution in [0, 0.1) is 11.6 Å². The van der Waals surface area contributed by atoms with Crippen molar-refractivity contribution in [1.82, 2.24) is 9.80 Å². The molecule has 2 nitrogen and oxygen atoms in total. The normalized spacial score (nSPS) is 18.5. The van der Waals surface area contributed by atoms with Crippen LogP contribution in [-0.4, -0.2) is 47.9 Å². The summed E-state index contributed by atoms with van der Waals surface area (Å²) in [5, 5.41) is 0.988. The molecule has 1 saturated heterocycles. The fourth-order valence-electron chi connectivity index (χ4n) is 2.49. The van der Waals surface area contributed by atoms with E-state index in [-0.39, 0.29) is 0 Å². The Bertz CT molecular complexity index is 394. The minimum atomic E-state index is -0.495. The highest BCUT2D eigenvalue weighted by molar-refractivity contribution is 9.09. The van der Waals surface area contributed by atoms with E-state index in [0.29, 0.717) is 12.1 Å². The predicted octanol–water partition coefficient (Wildman–Crippen LogP) is 2.87. The molecule has 0 atom stereocenters. The molecular formula is C14H19BrF2N2. The van der Waals surface area contributed by atoms with Gasteiger partial charge < -0.3 is 4.90 Å². The molecule has 0 spiro atoms. The molecule has 106 valence electrons. The summed E-state index contributed by atoms with van der Waals surface area (Å²) < 4.78 is 26.3. The largest absolute Gasteiger partial charge is 0.301 e. The molecule has 0 saturated carbocycles. The Morgan fingerprint density at radius 2 is 1.58 bits per heavy atom. The maximum absolute atomic E-state index is 13.2. The van der Waals surface area contributed by atoms with E-state index in [9.17, 15) is 8.78 Å². The van der Waals surface area contributed by atoms with Gasteiger partial charge in [0.15, 0.2) is 0 Å². The molecule has 0 unspecified atom stereocenters. The fraction of sp³-hybridized carbons (Fsp3) is 0.571. The molecule has 5 heteroatoms. The number of hydrogen-bond acceptors (Lipinski definition) is 2. The van der Waals surface area contributed by atoms with Crippen LogP contribution in [-0.2, 0) is 6.54 Å². The van der Waals surface area contributed by atoms with E-state index in [1.54, 1.807) is 0 Å².